The molecule has 3 heterocycles. The fraction of sp³-hybridized carbons (Fsp3) is 0.436. The van der Waals surface area contributed by atoms with E-state index in [1.807, 2.05) is 52.3 Å². The van der Waals surface area contributed by atoms with E-state index in [0.29, 0.717) is 56.4 Å². The van der Waals surface area contributed by atoms with Crippen LogP contribution in [0, 0.1) is 0 Å². The van der Waals surface area contributed by atoms with Crippen LogP contribution in [0.3, 0.4) is 0 Å². The van der Waals surface area contributed by atoms with E-state index in [1.54, 1.807) is 0 Å². The topological polar surface area (TPSA) is 92.9 Å². The Hall–Kier alpha value is -4.59. The molecule has 278 valence electrons. The number of furan rings is 1. The van der Waals surface area contributed by atoms with E-state index in [4.69, 9.17) is 9.15 Å². The number of rotatable bonds is 12. The van der Waals surface area contributed by atoms with Crippen molar-refractivity contribution >= 4 is 28.5 Å². The fourth-order valence-corrected chi connectivity index (χ4v) is 6.87. The van der Waals surface area contributed by atoms with Gasteiger partial charge in [0.15, 0.2) is 0 Å². The Balaban J connectivity index is 0.900. The molecule has 2 aliphatic rings. The molecule has 1 atom stereocenters. The lowest BCUT2D eigenvalue weighted by Crippen LogP contribution is -2.54. The number of amides is 2. The molecule has 6 rings (SSSR count). The third kappa shape index (κ3) is 8.71. The standard InChI is InChI=1S/C39H46F3N5O5/c1-3-45(4-2)30-12-9-29-25-35(52-34(29)26-30)37(49)28-10-13-31(14-11-28)51-24-23-43-15-19-46(20-16-43)36(48)27-44-17-21-47(22-18-44)38(50)32-7-5-6-8-33(32)39(40,41)42/h5-14,25-26,37,49H,3-4,15-24,27H2,1-2H3. The van der Waals surface area contributed by atoms with Gasteiger partial charge in [-0.2, -0.15) is 13.2 Å². The van der Waals surface area contributed by atoms with Crippen LogP contribution in [0.15, 0.2) is 77.2 Å². The van der Waals surface area contributed by atoms with Crippen molar-refractivity contribution in [2.24, 2.45) is 0 Å². The molecular weight excluding hydrogens is 675 g/mol. The number of alkyl halides is 3. The van der Waals surface area contributed by atoms with Gasteiger partial charge < -0.3 is 29.0 Å². The third-order valence-electron chi connectivity index (χ3n) is 10.00. The quantitative estimate of drug-likeness (QED) is 0.209. The number of aliphatic hydroxyl groups is 1. The number of fused-ring (bicyclic) bond motifs is 1. The van der Waals surface area contributed by atoms with Crippen LogP contribution in [0.5, 0.6) is 5.75 Å². The zero-order valence-corrected chi connectivity index (χ0v) is 29.6. The van der Waals surface area contributed by atoms with Crippen LogP contribution in [0.4, 0.5) is 18.9 Å². The number of aliphatic hydroxyl groups excluding tert-OH is 1. The summed E-state index contributed by atoms with van der Waals surface area (Å²) in [5.41, 5.74) is 1.26. The summed E-state index contributed by atoms with van der Waals surface area (Å²) < 4.78 is 52.3. The largest absolute Gasteiger partial charge is 0.492 e. The zero-order chi connectivity index (χ0) is 36.8. The summed E-state index contributed by atoms with van der Waals surface area (Å²) >= 11 is 0. The van der Waals surface area contributed by atoms with Gasteiger partial charge in [0.1, 0.15) is 29.8 Å². The van der Waals surface area contributed by atoms with Crippen molar-refractivity contribution in [2.75, 3.05) is 90.0 Å². The predicted molar refractivity (Wildman–Crippen MR) is 193 cm³/mol. The predicted octanol–water partition coefficient (Wildman–Crippen LogP) is 5.36. The average Bonchev–Trinajstić information content (AvgIpc) is 3.59. The highest BCUT2D eigenvalue weighted by atomic mass is 19.4. The van der Waals surface area contributed by atoms with Gasteiger partial charge in [-0.1, -0.05) is 24.3 Å². The Morgan fingerprint density at radius 3 is 2.17 bits per heavy atom. The van der Waals surface area contributed by atoms with E-state index in [1.165, 1.54) is 23.1 Å². The molecule has 3 aromatic carbocycles. The van der Waals surface area contributed by atoms with Gasteiger partial charge in [-0.15, -0.1) is 0 Å². The second kappa shape index (κ2) is 16.4. The number of ether oxygens (including phenoxy) is 1. The molecule has 2 amide bonds. The average molecular weight is 722 g/mol. The number of hydrogen-bond donors (Lipinski definition) is 1. The molecule has 2 saturated heterocycles. The van der Waals surface area contributed by atoms with Crippen LogP contribution in [0.1, 0.15) is 47.2 Å². The van der Waals surface area contributed by atoms with Crippen LogP contribution in [0.2, 0.25) is 0 Å². The van der Waals surface area contributed by atoms with Gasteiger partial charge >= 0.3 is 6.18 Å². The summed E-state index contributed by atoms with van der Waals surface area (Å²) in [6.45, 7) is 11.4. The van der Waals surface area contributed by atoms with E-state index in [0.717, 1.165) is 48.9 Å². The number of benzene rings is 3. The van der Waals surface area contributed by atoms with Crippen molar-refractivity contribution in [3.63, 3.8) is 0 Å². The van der Waals surface area contributed by atoms with E-state index < -0.39 is 23.8 Å². The maximum Gasteiger partial charge on any atom is 0.417 e. The molecule has 1 aromatic heterocycles. The minimum atomic E-state index is -4.61. The van der Waals surface area contributed by atoms with Gasteiger partial charge in [0.05, 0.1) is 17.7 Å². The number of carbonyl (C=O) groups excluding carboxylic acids is 2. The molecule has 10 nitrogen and oxygen atoms in total. The monoisotopic (exact) mass is 721 g/mol. The zero-order valence-electron chi connectivity index (χ0n) is 29.6. The van der Waals surface area contributed by atoms with Crippen molar-refractivity contribution in [1.29, 1.82) is 0 Å². The number of halogens is 3. The molecule has 0 spiro atoms. The molecule has 13 heteroatoms. The second-order valence-corrected chi connectivity index (χ2v) is 13.2. The van der Waals surface area contributed by atoms with E-state index in [-0.39, 0.29) is 31.1 Å². The Bertz CT molecular complexity index is 1810. The number of hydrogen-bond acceptors (Lipinski definition) is 8. The van der Waals surface area contributed by atoms with Crippen LogP contribution in [-0.4, -0.2) is 122 Å². The van der Waals surface area contributed by atoms with Crippen LogP contribution < -0.4 is 9.64 Å². The molecule has 2 aliphatic heterocycles. The molecule has 52 heavy (non-hydrogen) atoms. The minimum Gasteiger partial charge on any atom is -0.492 e. The van der Waals surface area contributed by atoms with Crippen LogP contribution in [-0.2, 0) is 11.0 Å². The molecule has 0 aliphatic carbocycles. The highest BCUT2D eigenvalue weighted by Crippen LogP contribution is 2.33. The van der Waals surface area contributed by atoms with Crippen molar-refractivity contribution in [2.45, 2.75) is 26.1 Å². The molecule has 0 bridgehead atoms. The molecule has 4 aromatic rings. The Morgan fingerprint density at radius 1 is 0.846 bits per heavy atom. The first-order valence-electron chi connectivity index (χ1n) is 17.9. The summed E-state index contributed by atoms with van der Waals surface area (Å²) in [6.07, 6.45) is -5.51. The van der Waals surface area contributed by atoms with Gasteiger partial charge in [-0.3, -0.25) is 19.4 Å². The maximum atomic E-state index is 13.4. The first-order valence-corrected chi connectivity index (χ1v) is 17.9. The van der Waals surface area contributed by atoms with Crippen LogP contribution >= 0.6 is 0 Å². The summed E-state index contributed by atoms with van der Waals surface area (Å²) in [5.74, 6) is 0.553. The minimum absolute atomic E-state index is 0.00685. The molecule has 0 radical (unpaired) electrons. The van der Waals surface area contributed by atoms with Gasteiger partial charge in [0.25, 0.3) is 5.91 Å². The Morgan fingerprint density at radius 2 is 1.50 bits per heavy atom. The van der Waals surface area contributed by atoms with E-state index in [2.05, 4.69) is 29.7 Å². The highest BCUT2D eigenvalue weighted by molar-refractivity contribution is 5.96. The third-order valence-corrected chi connectivity index (χ3v) is 10.00. The van der Waals surface area contributed by atoms with E-state index >= 15 is 0 Å². The smallest absolute Gasteiger partial charge is 0.417 e. The van der Waals surface area contributed by atoms with Crippen molar-refractivity contribution in [3.8, 4) is 5.75 Å². The number of nitrogens with zero attached hydrogens (tertiary/aromatic N) is 5. The Labute approximate surface area is 301 Å². The van der Waals surface area contributed by atoms with Crippen molar-refractivity contribution in [1.82, 2.24) is 19.6 Å². The summed E-state index contributed by atoms with van der Waals surface area (Å²) in [6, 6.07) is 20.2. The van der Waals surface area contributed by atoms with Gasteiger partial charge in [0.2, 0.25) is 5.91 Å². The number of anilines is 1. The first kappa shape index (κ1) is 37.2. The molecule has 1 unspecified atom stereocenters. The second-order valence-electron chi connectivity index (χ2n) is 13.2. The number of carbonyl (C=O) groups is 2. The SMILES string of the molecule is CCN(CC)c1ccc2cc(C(O)c3ccc(OCCN4CCN(C(=O)CN5CCN(C(=O)c6ccccc6C(F)(F)F)CC5)CC4)cc3)oc2c1. The van der Waals surface area contributed by atoms with Gasteiger partial charge in [-0.05, 0) is 61.9 Å². The molecule has 0 saturated carbocycles. The number of piperazine rings is 2. The molecule has 1 N–H and O–H groups in total. The lowest BCUT2D eigenvalue weighted by atomic mass is 10.1. The van der Waals surface area contributed by atoms with Crippen molar-refractivity contribution in [3.05, 3.63) is 95.2 Å². The molecular formula is C39H46F3N5O5. The summed E-state index contributed by atoms with van der Waals surface area (Å²) in [7, 11) is 0. The lowest BCUT2D eigenvalue weighted by molar-refractivity contribution is -0.138. The maximum absolute atomic E-state index is 13.4. The first-order chi connectivity index (χ1) is 25.0. The Kier molecular flexibility index (Phi) is 11.7. The summed E-state index contributed by atoms with van der Waals surface area (Å²) in [5, 5.41) is 12.0. The normalized spacial score (nSPS) is 16.7. The fourth-order valence-electron chi connectivity index (χ4n) is 6.87. The highest BCUT2D eigenvalue weighted by Gasteiger charge is 2.36. The summed E-state index contributed by atoms with van der Waals surface area (Å²) in [4.78, 5) is 35.6. The van der Waals surface area contributed by atoms with E-state index in [9.17, 15) is 27.9 Å². The van der Waals surface area contributed by atoms with Gasteiger partial charge in [-0.25, -0.2) is 0 Å². The lowest BCUT2D eigenvalue weighted by Gasteiger charge is -2.38. The van der Waals surface area contributed by atoms with Crippen LogP contribution in [0.25, 0.3) is 11.0 Å². The van der Waals surface area contributed by atoms with Crippen molar-refractivity contribution < 1.29 is 37.0 Å². The van der Waals surface area contributed by atoms with Gasteiger partial charge in [0, 0.05) is 89.1 Å². The molecule has 2 fully saturated rings.